The molecule has 244 valence electrons. The largest absolute Gasteiger partial charge is 0.486 e. The summed E-state index contributed by atoms with van der Waals surface area (Å²) in [5, 5.41) is 39.2. The van der Waals surface area contributed by atoms with Gasteiger partial charge in [-0.3, -0.25) is 14.2 Å². The number of aromatic amines is 1. The Balaban J connectivity index is 1.61. The van der Waals surface area contributed by atoms with Crippen LogP contribution in [0.3, 0.4) is 0 Å². The van der Waals surface area contributed by atoms with Gasteiger partial charge >= 0.3 is 5.97 Å². The van der Waals surface area contributed by atoms with Crippen LogP contribution in [0.1, 0.15) is 53.9 Å². The molecule has 0 aliphatic carbocycles. The molecule has 20 heteroatoms. The quantitative estimate of drug-likeness (QED) is 0.127. The molecule has 0 bridgehead atoms. The minimum absolute atomic E-state index is 0.0635. The van der Waals surface area contributed by atoms with Crippen LogP contribution in [-0.4, -0.2) is 66.6 Å². The standard InChI is InChI=1S/C27H25N9O9S2/c1-14-18(12-28)24(35(32-14)19-11-17(46(39,40)41)9-10-20(19)47(42,43)44)31-30-22-23(27(2,3)4)34-36-25(22)29-21(33-36)13-45-16-7-5-15(6-8-16)26(37)38/h5-11,34H,13H2,1-4H3,(H,37,38)(H,39,40,41)(H,42,43,44). The molecule has 5 aromatic rings. The van der Waals surface area contributed by atoms with Crippen LogP contribution in [0, 0.1) is 18.3 Å². The van der Waals surface area contributed by atoms with E-state index in [0.29, 0.717) is 11.4 Å². The number of hydrogen-bond donors (Lipinski definition) is 4. The molecular formula is C27H25N9O9S2. The molecule has 0 radical (unpaired) electrons. The first-order chi connectivity index (χ1) is 21.9. The molecule has 3 aromatic heterocycles. The van der Waals surface area contributed by atoms with Gasteiger partial charge in [-0.05, 0) is 49.4 Å². The molecule has 0 spiro atoms. The maximum Gasteiger partial charge on any atom is 0.335 e. The van der Waals surface area contributed by atoms with Gasteiger partial charge in [0.25, 0.3) is 20.2 Å². The topological polar surface area (TPSA) is 268 Å². The number of carboxylic acids is 1. The van der Waals surface area contributed by atoms with Crippen molar-refractivity contribution in [2.24, 2.45) is 10.2 Å². The zero-order chi connectivity index (χ0) is 34.5. The van der Waals surface area contributed by atoms with Crippen molar-refractivity contribution in [3.63, 3.8) is 0 Å². The van der Waals surface area contributed by atoms with Crippen molar-refractivity contribution >= 4 is 43.4 Å². The average molecular weight is 684 g/mol. The second-order valence-electron chi connectivity index (χ2n) is 11.1. The van der Waals surface area contributed by atoms with Crippen molar-refractivity contribution in [2.45, 2.75) is 49.5 Å². The fourth-order valence-electron chi connectivity index (χ4n) is 4.42. The molecule has 0 saturated carbocycles. The second-order valence-corrected chi connectivity index (χ2v) is 13.9. The van der Waals surface area contributed by atoms with E-state index in [1.807, 2.05) is 26.8 Å². The van der Waals surface area contributed by atoms with E-state index in [2.05, 4.69) is 30.5 Å². The van der Waals surface area contributed by atoms with E-state index in [-0.39, 0.29) is 46.4 Å². The van der Waals surface area contributed by atoms with E-state index < -0.39 is 47.1 Å². The Morgan fingerprint density at radius 2 is 1.72 bits per heavy atom. The molecule has 5 rings (SSSR count). The highest BCUT2D eigenvalue weighted by atomic mass is 32.2. The molecule has 0 saturated heterocycles. The number of nitrogens with one attached hydrogen (secondary N) is 1. The summed E-state index contributed by atoms with van der Waals surface area (Å²) in [6.45, 7) is 6.93. The van der Waals surface area contributed by atoms with E-state index in [9.17, 15) is 36.0 Å². The molecule has 0 unspecified atom stereocenters. The third-order valence-corrected chi connectivity index (χ3v) is 8.41. The molecule has 0 amide bonds. The number of fused-ring (bicyclic) bond motifs is 1. The van der Waals surface area contributed by atoms with Gasteiger partial charge < -0.3 is 9.84 Å². The Morgan fingerprint density at radius 3 is 2.30 bits per heavy atom. The number of carbonyl (C=O) groups is 1. The molecule has 0 atom stereocenters. The zero-order valence-electron chi connectivity index (χ0n) is 24.9. The lowest BCUT2D eigenvalue weighted by atomic mass is 9.91. The lowest BCUT2D eigenvalue weighted by molar-refractivity contribution is 0.0696. The van der Waals surface area contributed by atoms with E-state index in [1.54, 1.807) is 0 Å². The van der Waals surface area contributed by atoms with Gasteiger partial charge in [0.15, 0.2) is 17.3 Å². The number of carboxylic acid groups (broad SMARTS) is 1. The summed E-state index contributed by atoms with van der Waals surface area (Å²) in [4.78, 5) is 14.1. The molecule has 3 heterocycles. The number of azo groups is 1. The van der Waals surface area contributed by atoms with Gasteiger partial charge in [-0.25, -0.2) is 14.5 Å². The summed E-state index contributed by atoms with van der Waals surface area (Å²) < 4.78 is 75.5. The van der Waals surface area contributed by atoms with Crippen molar-refractivity contribution in [1.82, 2.24) is 29.6 Å². The highest BCUT2D eigenvalue weighted by Crippen LogP contribution is 2.37. The van der Waals surface area contributed by atoms with Crippen LogP contribution >= 0.6 is 0 Å². The second kappa shape index (κ2) is 11.7. The van der Waals surface area contributed by atoms with Crippen molar-refractivity contribution in [3.05, 3.63) is 70.8 Å². The summed E-state index contributed by atoms with van der Waals surface area (Å²) in [5.74, 6) is -0.814. The van der Waals surface area contributed by atoms with Gasteiger partial charge in [-0.2, -0.15) is 31.8 Å². The molecule has 4 N–H and O–H groups in total. The van der Waals surface area contributed by atoms with Gasteiger partial charge in [0.1, 0.15) is 28.9 Å². The third-order valence-electron chi connectivity index (χ3n) is 6.66. The number of aromatic nitrogens is 6. The van der Waals surface area contributed by atoms with Crippen LogP contribution in [0.4, 0.5) is 11.5 Å². The molecule has 18 nitrogen and oxygen atoms in total. The summed E-state index contributed by atoms with van der Waals surface area (Å²) in [6, 6.07) is 9.93. The van der Waals surface area contributed by atoms with Gasteiger partial charge in [0.05, 0.1) is 27.5 Å². The summed E-state index contributed by atoms with van der Waals surface area (Å²) >= 11 is 0. The van der Waals surface area contributed by atoms with Gasteiger partial charge in [-0.15, -0.1) is 15.3 Å². The normalized spacial score (nSPS) is 12.5. The Kier molecular flexibility index (Phi) is 8.19. The fraction of sp³-hybridized carbons (Fsp3) is 0.222. The zero-order valence-corrected chi connectivity index (χ0v) is 26.6. The van der Waals surface area contributed by atoms with Crippen LogP contribution in [0.15, 0.2) is 62.5 Å². The Hall–Kier alpha value is -5.49. The molecular weight excluding hydrogens is 658 g/mol. The van der Waals surface area contributed by atoms with Crippen LogP contribution in [0.2, 0.25) is 0 Å². The summed E-state index contributed by atoms with van der Waals surface area (Å²) in [6.07, 6.45) is 0. The number of aromatic carboxylic acids is 1. The maximum absolute atomic E-state index is 12.2. The summed E-state index contributed by atoms with van der Waals surface area (Å²) in [5.41, 5.74) is -0.211. The molecule has 0 fully saturated rings. The van der Waals surface area contributed by atoms with E-state index >= 15 is 0 Å². The first-order valence-corrected chi connectivity index (χ1v) is 16.2. The number of H-pyrrole nitrogens is 1. The highest BCUT2D eigenvalue weighted by molar-refractivity contribution is 7.86. The number of nitrogens with zero attached hydrogens (tertiary/aromatic N) is 8. The number of benzene rings is 2. The molecule has 0 aliphatic rings. The third kappa shape index (κ3) is 6.59. The first kappa shape index (κ1) is 32.9. The van der Waals surface area contributed by atoms with Crippen LogP contribution in [-0.2, 0) is 32.3 Å². The SMILES string of the molecule is Cc1nn(-c2cc(S(=O)(=O)O)ccc2S(=O)(=O)O)c(N=Nc2c(C(C)(C)C)[nH]n3nc(COc4ccc(C(=O)O)cc4)nc23)c1C#N. The number of hydrogen-bond acceptors (Lipinski definition) is 12. The lowest BCUT2D eigenvalue weighted by Gasteiger charge is -2.16. The number of ether oxygens (including phenoxy) is 1. The smallest absolute Gasteiger partial charge is 0.335 e. The van der Waals surface area contributed by atoms with Crippen molar-refractivity contribution < 1.29 is 40.6 Å². The predicted molar refractivity (Wildman–Crippen MR) is 161 cm³/mol. The monoisotopic (exact) mass is 683 g/mol. The van der Waals surface area contributed by atoms with Gasteiger partial charge in [-0.1, -0.05) is 20.8 Å². The van der Waals surface area contributed by atoms with Crippen molar-refractivity contribution in [1.29, 1.82) is 5.26 Å². The van der Waals surface area contributed by atoms with Crippen molar-refractivity contribution in [3.8, 4) is 17.5 Å². The summed E-state index contributed by atoms with van der Waals surface area (Å²) in [7, 11) is -9.80. The molecule has 2 aromatic carbocycles. The fourth-order valence-corrected chi connectivity index (χ4v) is 5.57. The first-order valence-electron chi connectivity index (χ1n) is 13.3. The molecule has 0 aliphatic heterocycles. The van der Waals surface area contributed by atoms with Crippen LogP contribution in [0.5, 0.6) is 5.75 Å². The average Bonchev–Trinajstić information content (AvgIpc) is 3.64. The predicted octanol–water partition coefficient (Wildman–Crippen LogP) is 3.91. The van der Waals surface area contributed by atoms with Gasteiger partial charge in [0, 0.05) is 5.41 Å². The number of rotatable bonds is 9. The Morgan fingerprint density at radius 1 is 1.04 bits per heavy atom. The minimum Gasteiger partial charge on any atom is -0.486 e. The minimum atomic E-state index is -4.97. The van der Waals surface area contributed by atoms with Crippen LogP contribution < -0.4 is 4.74 Å². The Bertz CT molecular complexity index is 2340. The number of nitriles is 1. The van der Waals surface area contributed by atoms with E-state index in [0.717, 1.165) is 22.9 Å². The van der Waals surface area contributed by atoms with Crippen molar-refractivity contribution in [2.75, 3.05) is 0 Å². The van der Waals surface area contributed by atoms with Gasteiger partial charge in [0.2, 0.25) is 5.65 Å². The van der Waals surface area contributed by atoms with Crippen LogP contribution in [0.25, 0.3) is 11.3 Å². The Labute approximate surface area is 266 Å². The lowest BCUT2D eigenvalue weighted by Crippen LogP contribution is -2.13. The van der Waals surface area contributed by atoms with E-state index in [4.69, 9.17) is 9.84 Å². The number of aryl methyl sites for hydroxylation is 1. The molecule has 47 heavy (non-hydrogen) atoms. The highest BCUT2D eigenvalue weighted by Gasteiger charge is 2.28. The maximum atomic E-state index is 12.2. The van der Waals surface area contributed by atoms with E-state index in [1.165, 1.54) is 35.8 Å².